The summed E-state index contributed by atoms with van der Waals surface area (Å²) < 4.78 is 1.14. The summed E-state index contributed by atoms with van der Waals surface area (Å²) in [6, 6.07) is 0. The molecule has 0 unspecified atom stereocenters. The molecule has 0 aromatic heterocycles. The maximum Gasteiger partial charge on any atom is 0.0969 e. The van der Waals surface area contributed by atoms with Gasteiger partial charge in [-0.25, -0.2) is 0 Å². The van der Waals surface area contributed by atoms with Gasteiger partial charge in [-0.1, -0.05) is 103 Å². The van der Waals surface area contributed by atoms with E-state index < -0.39 is 0 Å². The van der Waals surface area contributed by atoms with E-state index in [0.29, 0.717) is 0 Å². The van der Waals surface area contributed by atoms with Crippen LogP contribution in [0, 0.1) is 0 Å². The zero-order valence-corrected chi connectivity index (χ0v) is 18.3. The Morgan fingerprint density at radius 2 is 0.920 bits per heavy atom. The Kier molecular flexibility index (Phi) is 18.3. The molecule has 0 saturated heterocycles. The van der Waals surface area contributed by atoms with E-state index in [1.165, 1.54) is 116 Å². The van der Waals surface area contributed by atoms with Crippen molar-refractivity contribution in [2.75, 3.05) is 27.2 Å². The zero-order chi connectivity index (χ0) is 18.6. The number of quaternary nitrogens is 1. The summed E-state index contributed by atoms with van der Waals surface area (Å²) >= 11 is 0. The Bertz CT molecular complexity index is 280. The van der Waals surface area contributed by atoms with E-state index in [-0.39, 0.29) is 0 Å². The number of hydrogen-bond acceptors (Lipinski definition) is 0. The molecule has 1 heteroatoms. The fraction of sp³-hybridized carbons (Fsp3) is 0.917. The summed E-state index contributed by atoms with van der Waals surface area (Å²) in [7, 11) is 4.70. The molecule has 0 aromatic carbocycles. The first-order valence-corrected chi connectivity index (χ1v) is 11.6. The van der Waals surface area contributed by atoms with Crippen molar-refractivity contribution in [3.63, 3.8) is 0 Å². The highest BCUT2D eigenvalue weighted by Gasteiger charge is 2.11. The first-order chi connectivity index (χ1) is 12.1. The lowest BCUT2D eigenvalue weighted by molar-refractivity contribution is -0.884. The van der Waals surface area contributed by atoms with Crippen molar-refractivity contribution in [2.24, 2.45) is 0 Å². The Morgan fingerprint density at radius 1 is 0.560 bits per heavy atom. The molecule has 0 atom stereocenters. The molecule has 0 aliphatic carbocycles. The van der Waals surface area contributed by atoms with Crippen molar-refractivity contribution in [1.82, 2.24) is 0 Å². The van der Waals surface area contributed by atoms with Gasteiger partial charge in [0.2, 0.25) is 0 Å². The number of nitrogens with zero attached hydrogens (tertiary/aromatic N) is 1. The minimum absolute atomic E-state index is 1.14. The van der Waals surface area contributed by atoms with Gasteiger partial charge in [-0.3, -0.25) is 0 Å². The van der Waals surface area contributed by atoms with Gasteiger partial charge < -0.3 is 4.48 Å². The summed E-state index contributed by atoms with van der Waals surface area (Å²) in [5.41, 5.74) is 0. The van der Waals surface area contributed by atoms with Gasteiger partial charge in [0.05, 0.1) is 27.2 Å². The van der Waals surface area contributed by atoms with Crippen molar-refractivity contribution in [3.8, 4) is 0 Å². The summed E-state index contributed by atoms with van der Waals surface area (Å²) in [5, 5.41) is 0. The smallest absolute Gasteiger partial charge is 0.0969 e. The summed E-state index contributed by atoms with van der Waals surface area (Å²) in [6.07, 6.45) is 27.7. The molecule has 0 bridgehead atoms. The van der Waals surface area contributed by atoms with E-state index in [1.807, 2.05) is 0 Å². The second-order valence-electron chi connectivity index (χ2n) is 8.71. The van der Waals surface area contributed by atoms with E-state index in [1.54, 1.807) is 0 Å². The van der Waals surface area contributed by atoms with Gasteiger partial charge in [0.1, 0.15) is 0 Å². The lowest BCUT2D eigenvalue weighted by atomic mass is 10.0. The van der Waals surface area contributed by atoms with Crippen molar-refractivity contribution >= 4 is 0 Å². The minimum Gasteiger partial charge on any atom is -0.325 e. The van der Waals surface area contributed by atoms with Gasteiger partial charge in [-0.2, -0.15) is 0 Å². The molecular weight excluding hydrogens is 302 g/mol. The van der Waals surface area contributed by atoms with Crippen LogP contribution in [-0.2, 0) is 0 Å². The van der Waals surface area contributed by atoms with Crippen molar-refractivity contribution in [3.05, 3.63) is 12.2 Å². The van der Waals surface area contributed by atoms with Gasteiger partial charge >= 0.3 is 0 Å². The third-order valence-corrected chi connectivity index (χ3v) is 5.45. The Morgan fingerprint density at radius 3 is 1.28 bits per heavy atom. The van der Waals surface area contributed by atoms with Crippen LogP contribution in [-0.4, -0.2) is 31.7 Å². The molecule has 0 N–H and O–H groups in total. The maximum absolute atomic E-state index is 2.35. The van der Waals surface area contributed by atoms with Crippen LogP contribution in [0.25, 0.3) is 0 Å². The fourth-order valence-corrected chi connectivity index (χ4v) is 3.57. The monoisotopic (exact) mass is 352 g/mol. The standard InChI is InChI=1S/C24H50N/c1-5-7-9-10-11-12-13-14-15-16-17-18-19-20-21-22-24-25(3,4)23-8-6-2/h6,8H,5,7,9-24H2,1-4H3/q+1. The Hall–Kier alpha value is -0.300. The second-order valence-corrected chi connectivity index (χ2v) is 8.71. The van der Waals surface area contributed by atoms with Crippen molar-refractivity contribution in [2.45, 2.75) is 117 Å². The minimum atomic E-state index is 1.14. The maximum atomic E-state index is 2.35. The summed E-state index contributed by atoms with van der Waals surface area (Å²) in [5.74, 6) is 0. The largest absolute Gasteiger partial charge is 0.325 e. The number of rotatable bonds is 19. The molecule has 0 aliphatic heterocycles. The molecule has 0 rings (SSSR count). The lowest BCUT2D eigenvalue weighted by Crippen LogP contribution is -2.40. The Balaban J connectivity index is 3.16. The average Bonchev–Trinajstić information content (AvgIpc) is 2.59. The van der Waals surface area contributed by atoms with Gasteiger partial charge in [0.25, 0.3) is 0 Å². The highest BCUT2D eigenvalue weighted by atomic mass is 15.3. The number of allylic oxidation sites excluding steroid dienone is 1. The molecule has 25 heavy (non-hydrogen) atoms. The predicted molar refractivity (Wildman–Crippen MR) is 116 cm³/mol. The van der Waals surface area contributed by atoms with E-state index in [0.717, 1.165) is 4.48 Å². The molecule has 0 heterocycles. The number of hydrogen-bond donors (Lipinski definition) is 0. The Labute approximate surface area is 160 Å². The van der Waals surface area contributed by atoms with Crippen LogP contribution in [0.4, 0.5) is 0 Å². The SMILES string of the molecule is CC=CC[N+](C)(C)CCCCCCCCCCCCCCCCCC. The van der Waals surface area contributed by atoms with Gasteiger partial charge in [0.15, 0.2) is 0 Å². The van der Waals surface area contributed by atoms with Crippen LogP contribution in [0.2, 0.25) is 0 Å². The molecule has 0 amide bonds. The van der Waals surface area contributed by atoms with Crippen molar-refractivity contribution in [1.29, 1.82) is 0 Å². The van der Waals surface area contributed by atoms with Crippen LogP contribution in [0.1, 0.15) is 117 Å². The molecule has 150 valence electrons. The third-order valence-electron chi connectivity index (χ3n) is 5.45. The normalized spacial score (nSPS) is 12.3. The fourth-order valence-electron chi connectivity index (χ4n) is 3.57. The molecule has 0 aromatic rings. The third kappa shape index (κ3) is 19.9. The van der Waals surface area contributed by atoms with E-state index >= 15 is 0 Å². The van der Waals surface area contributed by atoms with Crippen LogP contribution in [0.3, 0.4) is 0 Å². The molecule has 1 nitrogen and oxygen atoms in total. The molecule has 0 fully saturated rings. The highest BCUT2D eigenvalue weighted by molar-refractivity contribution is 4.76. The predicted octanol–water partition coefficient (Wildman–Crippen LogP) is 7.90. The van der Waals surface area contributed by atoms with Crippen molar-refractivity contribution < 1.29 is 4.48 Å². The molecule has 0 aliphatic rings. The lowest BCUT2D eigenvalue weighted by Gasteiger charge is -2.28. The highest BCUT2D eigenvalue weighted by Crippen LogP contribution is 2.14. The second kappa shape index (κ2) is 18.5. The van der Waals surface area contributed by atoms with E-state index in [4.69, 9.17) is 0 Å². The summed E-state index contributed by atoms with van der Waals surface area (Å²) in [6.45, 7) is 6.92. The van der Waals surface area contributed by atoms with Crippen LogP contribution < -0.4 is 0 Å². The van der Waals surface area contributed by atoms with E-state index in [9.17, 15) is 0 Å². The summed E-state index contributed by atoms with van der Waals surface area (Å²) in [4.78, 5) is 0. The first-order valence-electron chi connectivity index (χ1n) is 11.6. The molecule has 0 radical (unpaired) electrons. The first kappa shape index (κ1) is 24.7. The molecular formula is C24H50N+. The van der Waals surface area contributed by atoms with Crippen LogP contribution in [0.5, 0.6) is 0 Å². The zero-order valence-electron chi connectivity index (χ0n) is 18.3. The number of unbranched alkanes of at least 4 members (excludes halogenated alkanes) is 15. The topological polar surface area (TPSA) is 0 Å². The quantitative estimate of drug-likeness (QED) is 0.126. The molecule has 0 spiro atoms. The van der Waals surface area contributed by atoms with Gasteiger partial charge in [-0.05, 0) is 25.8 Å². The number of likely N-dealkylation sites (N-methyl/N-ethyl adjacent to an activating group) is 1. The molecule has 0 saturated carbocycles. The van der Waals surface area contributed by atoms with Crippen LogP contribution >= 0.6 is 0 Å². The van der Waals surface area contributed by atoms with Crippen LogP contribution in [0.15, 0.2) is 12.2 Å². The average molecular weight is 353 g/mol. The van der Waals surface area contributed by atoms with Gasteiger partial charge in [0, 0.05) is 0 Å². The van der Waals surface area contributed by atoms with E-state index in [2.05, 4.69) is 40.1 Å². The van der Waals surface area contributed by atoms with Gasteiger partial charge in [-0.15, -0.1) is 0 Å².